The van der Waals surface area contributed by atoms with Crippen LogP contribution in [0, 0.1) is 15.2 Å². The van der Waals surface area contributed by atoms with E-state index in [2.05, 4.69) is 39.9 Å². The minimum absolute atomic E-state index is 0.131. The lowest BCUT2D eigenvalue weighted by Crippen LogP contribution is -2.41. The first-order chi connectivity index (χ1) is 30.8. The molecule has 0 atom stereocenters. The zero-order chi connectivity index (χ0) is 44.8. The van der Waals surface area contributed by atoms with Crippen molar-refractivity contribution >= 4 is 79.0 Å². The molecule has 0 radical (unpaired) electrons. The quantitative estimate of drug-likeness (QED) is 0.0984. The van der Waals surface area contributed by atoms with Gasteiger partial charge in [0.2, 0.25) is 0 Å². The van der Waals surface area contributed by atoms with Crippen molar-refractivity contribution in [2.45, 2.75) is 38.9 Å². The monoisotopic (exact) mass is 966 g/mol. The van der Waals surface area contributed by atoms with Gasteiger partial charge in [0, 0.05) is 63.0 Å². The van der Waals surface area contributed by atoms with E-state index in [0.29, 0.717) is 31.4 Å². The summed E-state index contributed by atoms with van der Waals surface area (Å²) in [5.41, 5.74) is 7.60. The largest absolute Gasteiger partial charge is 0.508 e. The minimum atomic E-state index is -0.422. The SMILES string of the molecule is CC1(C)OB(c2ccc(O)cc2)OC1(C)C.Fc1cnc2[nH]c3cnc(-c4cccnc4)cc3c2c1I.Oc1ccc(-c2c(F)cnc3[nH]c4cnc(-c5cccnc5)cc4c23)cc1. The van der Waals surface area contributed by atoms with Crippen molar-refractivity contribution in [1.29, 1.82) is 0 Å². The Kier molecular flexibility index (Phi) is 11.3. The highest BCUT2D eigenvalue weighted by molar-refractivity contribution is 14.1. The molecule has 2 aromatic carbocycles. The molecule has 1 aliphatic rings. The van der Waals surface area contributed by atoms with Gasteiger partial charge in [-0.1, -0.05) is 24.3 Å². The van der Waals surface area contributed by atoms with Crippen LogP contribution in [0.2, 0.25) is 0 Å². The number of phenolic OH excluding ortho intramolecular Hbond substituents is 2. The summed E-state index contributed by atoms with van der Waals surface area (Å²) < 4.78 is 40.9. The molecule has 0 bridgehead atoms. The number of fused-ring (bicyclic) bond motifs is 6. The van der Waals surface area contributed by atoms with Gasteiger partial charge in [-0.25, -0.2) is 18.7 Å². The molecule has 1 fully saturated rings. The fourth-order valence-corrected chi connectivity index (χ4v) is 7.98. The summed E-state index contributed by atoms with van der Waals surface area (Å²) in [5, 5.41) is 22.0. The number of benzene rings is 2. The normalized spacial score (nSPS) is 14.1. The van der Waals surface area contributed by atoms with Crippen molar-refractivity contribution < 1.29 is 28.3 Å². The molecule has 0 saturated carbocycles. The lowest BCUT2D eigenvalue weighted by atomic mass is 9.79. The van der Waals surface area contributed by atoms with E-state index in [1.165, 1.54) is 12.4 Å². The van der Waals surface area contributed by atoms with Crippen molar-refractivity contribution in [3.05, 3.63) is 150 Å². The standard InChI is InChI=1S/C21H13FN4O.C15H8FIN4.C12H17BO3/c22-16-10-25-21-20(19(16)12-3-5-14(27)6-4-12)15-8-17(24-11-18(15)26-21)13-2-1-7-23-9-13;16-10-6-20-15-13(14(10)17)9-4-11(19-7-12(9)21-15)8-2-1-3-18-5-8;1-11(2)12(3,4)16-13(15-11)9-5-7-10(14)8-6-9/h1-11,27H,(H,25,26);1-7H,(H,20,21);5-8,14H,1-4H3. The first-order valence-electron chi connectivity index (χ1n) is 20.1. The molecule has 318 valence electrons. The van der Waals surface area contributed by atoms with Crippen molar-refractivity contribution in [2.24, 2.45) is 0 Å². The van der Waals surface area contributed by atoms with Crippen LogP contribution in [-0.4, -0.2) is 68.4 Å². The van der Waals surface area contributed by atoms with E-state index >= 15 is 0 Å². The maximum atomic E-state index is 14.8. The minimum Gasteiger partial charge on any atom is -0.508 e. The number of halogens is 3. The highest BCUT2D eigenvalue weighted by atomic mass is 127. The second-order valence-corrected chi connectivity index (χ2v) is 17.1. The Morgan fingerprint density at radius 3 is 1.58 bits per heavy atom. The van der Waals surface area contributed by atoms with E-state index in [1.807, 2.05) is 98.8 Å². The maximum absolute atomic E-state index is 14.8. The van der Waals surface area contributed by atoms with Crippen LogP contribution < -0.4 is 5.46 Å². The Balaban J connectivity index is 0.000000126. The second-order valence-electron chi connectivity index (χ2n) is 16.0. The van der Waals surface area contributed by atoms with Gasteiger partial charge in [-0.2, -0.15) is 0 Å². The number of hydrogen-bond donors (Lipinski definition) is 4. The lowest BCUT2D eigenvalue weighted by Gasteiger charge is -2.32. The van der Waals surface area contributed by atoms with E-state index < -0.39 is 5.82 Å². The van der Waals surface area contributed by atoms with Crippen LogP contribution in [-0.2, 0) is 9.31 Å². The van der Waals surface area contributed by atoms with Gasteiger partial charge in [0.15, 0.2) is 5.82 Å². The number of nitrogens with one attached hydrogen (secondary N) is 2. The van der Waals surface area contributed by atoms with Crippen LogP contribution in [0.4, 0.5) is 8.78 Å². The highest BCUT2D eigenvalue weighted by Gasteiger charge is 2.51. The Morgan fingerprint density at radius 1 is 0.578 bits per heavy atom. The summed E-state index contributed by atoms with van der Waals surface area (Å²) in [7, 11) is -0.356. The summed E-state index contributed by atoms with van der Waals surface area (Å²) in [6, 6.07) is 24.8. The van der Waals surface area contributed by atoms with Gasteiger partial charge in [0.25, 0.3) is 0 Å². The first-order valence-corrected chi connectivity index (χ1v) is 21.2. The van der Waals surface area contributed by atoms with Gasteiger partial charge in [0.1, 0.15) is 28.6 Å². The zero-order valence-electron chi connectivity index (χ0n) is 34.8. The molecule has 11 rings (SSSR count). The predicted octanol–water partition coefficient (Wildman–Crippen LogP) is 10.3. The van der Waals surface area contributed by atoms with Gasteiger partial charge >= 0.3 is 7.12 Å². The molecular weight excluding hydrogens is 928 g/mol. The van der Waals surface area contributed by atoms with E-state index in [4.69, 9.17) is 9.31 Å². The number of nitrogens with zero attached hydrogens (tertiary/aromatic N) is 6. The van der Waals surface area contributed by atoms with E-state index in [-0.39, 0.29) is 35.6 Å². The Morgan fingerprint density at radius 2 is 1.06 bits per heavy atom. The molecule has 0 aliphatic carbocycles. The van der Waals surface area contributed by atoms with Crippen LogP contribution in [0.25, 0.3) is 77.5 Å². The first kappa shape index (κ1) is 42.4. The average molecular weight is 967 g/mol. The lowest BCUT2D eigenvalue weighted by molar-refractivity contribution is 0.00578. The highest BCUT2D eigenvalue weighted by Crippen LogP contribution is 2.38. The molecule has 8 aromatic heterocycles. The number of aromatic hydroxyl groups is 2. The van der Waals surface area contributed by atoms with E-state index in [9.17, 15) is 19.0 Å². The topological polar surface area (TPSA) is 168 Å². The fourth-order valence-electron chi connectivity index (χ4n) is 7.30. The molecule has 1 saturated heterocycles. The van der Waals surface area contributed by atoms with Crippen molar-refractivity contribution in [3.63, 3.8) is 0 Å². The number of phenols is 2. The molecule has 9 heterocycles. The number of hydrogen-bond acceptors (Lipinski definition) is 10. The Labute approximate surface area is 379 Å². The summed E-state index contributed by atoms with van der Waals surface area (Å²) in [4.78, 5) is 31.8. The molecule has 4 N–H and O–H groups in total. The number of pyridine rings is 6. The molecular formula is C48H38BF2IN8O4. The van der Waals surface area contributed by atoms with Crippen LogP contribution >= 0.6 is 22.6 Å². The number of H-pyrrole nitrogens is 2. The maximum Gasteiger partial charge on any atom is 0.494 e. The van der Waals surface area contributed by atoms with Gasteiger partial charge < -0.3 is 29.5 Å². The third-order valence-corrected chi connectivity index (χ3v) is 12.4. The molecule has 64 heavy (non-hydrogen) atoms. The third-order valence-electron chi connectivity index (χ3n) is 11.3. The zero-order valence-corrected chi connectivity index (χ0v) is 37.0. The van der Waals surface area contributed by atoms with Crippen molar-refractivity contribution in [3.8, 4) is 45.1 Å². The van der Waals surface area contributed by atoms with Crippen molar-refractivity contribution in [1.82, 2.24) is 39.9 Å². The molecule has 0 spiro atoms. The molecule has 10 aromatic rings. The van der Waals surface area contributed by atoms with Gasteiger partial charge in [-0.3, -0.25) is 19.9 Å². The molecule has 0 unspecified atom stereocenters. The third kappa shape index (κ3) is 8.22. The van der Waals surface area contributed by atoms with Crippen LogP contribution in [0.5, 0.6) is 11.5 Å². The van der Waals surface area contributed by atoms with E-state index in [0.717, 1.165) is 55.2 Å². The Bertz CT molecular complexity index is 3280. The summed E-state index contributed by atoms with van der Waals surface area (Å²) >= 11 is 2.01. The predicted molar refractivity (Wildman–Crippen MR) is 253 cm³/mol. The Hall–Kier alpha value is -6.89. The van der Waals surface area contributed by atoms with Gasteiger partial charge in [-0.05, 0) is 122 Å². The summed E-state index contributed by atoms with van der Waals surface area (Å²) in [5.74, 6) is -0.357. The number of aromatic nitrogens is 8. The van der Waals surface area contributed by atoms with Crippen LogP contribution in [0.3, 0.4) is 0 Å². The fraction of sp³-hybridized carbons (Fsp3) is 0.125. The molecule has 1 aliphatic heterocycles. The second kappa shape index (κ2) is 17.0. The summed E-state index contributed by atoms with van der Waals surface area (Å²) in [6.45, 7) is 8.08. The molecule has 16 heteroatoms. The molecule has 12 nitrogen and oxygen atoms in total. The number of rotatable bonds is 4. The smallest absolute Gasteiger partial charge is 0.494 e. The van der Waals surface area contributed by atoms with Crippen molar-refractivity contribution in [2.75, 3.05) is 0 Å². The number of aromatic amines is 2. The van der Waals surface area contributed by atoms with Gasteiger partial charge in [-0.15, -0.1) is 0 Å². The van der Waals surface area contributed by atoms with Crippen LogP contribution in [0.15, 0.2) is 135 Å². The van der Waals surface area contributed by atoms with E-state index in [1.54, 1.807) is 73.6 Å². The molecule has 0 amide bonds. The van der Waals surface area contributed by atoms with Crippen LogP contribution in [0.1, 0.15) is 27.7 Å². The summed E-state index contributed by atoms with van der Waals surface area (Å²) in [6.07, 6.45) is 12.8. The van der Waals surface area contributed by atoms with Gasteiger partial charge in [0.05, 0.1) is 62.0 Å². The average Bonchev–Trinajstić information content (AvgIpc) is 3.94.